The lowest BCUT2D eigenvalue weighted by Gasteiger charge is -2.23. The summed E-state index contributed by atoms with van der Waals surface area (Å²) in [5, 5.41) is 6.86. The van der Waals surface area contributed by atoms with Crippen LogP contribution in [0.3, 0.4) is 0 Å². The Morgan fingerprint density at radius 3 is 2.88 bits per heavy atom. The normalized spacial score (nSPS) is 20.8. The molecule has 3 heterocycles. The Hall–Kier alpha value is -2.43. The van der Waals surface area contributed by atoms with Crippen LogP contribution in [0.4, 0.5) is 13.2 Å². The number of amides is 1. The van der Waals surface area contributed by atoms with Crippen LogP contribution in [0, 0.1) is 6.92 Å². The van der Waals surface area contributed by atoms with Crippen LogP contribution in [0.25, 0.3) is 0 Å². The maximum atomic E-state index is 12.9. The standard InChI is InChI=1S/C14H17F3N6O2/c1-7-20-12(22-21-7)8-3-4-25-9(8)5-23(2)13(24)10-11(14(15,16)17)19-6-18-10/h6,8-9H,3-5H2,1-2H3,(H,18,19)(H,20,21,22)/t8-,9-/m1/s1. The molecule has 3 rings (SSSR count). The molecule has 0 radical (unpaired) electrons. The summed E-state index contributed by atoms with van der Waals surface area (Å²) >= 11 is 0. The topological polar surface area (TPSA) is 99.8 Å². The molecule has 2 atom stereocenters. The number of ether oxygens (including phenoxy) is 1. The lowest BCUT2D eigenvalue weighted by Crippen LogP contribution is -2.37. The van der Waals surface area contributed by atoms with Crippen molar-refractivity contribution in [2.45, 2.75) is 31.5 Å². The summed E-state index contributed by atoms with van der Waals surface area (Å²) in [5.74, 6) is 0.295. The highest BCUT2D eigenvalue weighted by Gasteiger charge is 2.40. The molecule has 1 fully saturated rings. The number of hydrogen-bond donors (Lipinski definition) is 2. The van der Waals surface area contributed by atoms with Crippen molar-refractivity contribution >= 4 is 5.91 Å². The Kier molecular flexibility index (Phi) is 4.50. The monoisotopic (exact) mass is 358 g/mol. The van der Waals surface area contributed by atoms with E-state index in [0.717, 1.165) is 6.33 Å². The quantitative estimate of drug-likeness (QED) is 0.863. The van der Waals surface area contributed by atoms with Crippen LogP contribution < -0.4 is 0 Å². The van der Waals surface area contributed by atoms with Gasteiger partial charge in [-0.3, -0.25) is 9.89 Å². The molecule has 0 unspecified atom stereocenters. The van der Waals surface area contributed by atoms with E-state index in [-0.39, 0.29) is 12.5 Å². The van der Waals surface area contributed by atoms with E-state index in [9.17, 15) is 18.0 Å². The summed E-state index contributed by atoms with van der Waals surface area (Å²) in [6.07, 6.45) is -3.53. The van der Waals surface area contributed by atoms with Crippen molar-refractivity contribution in [2.75, 3.05) is 20.2 Å². The summed E-state index contributed by atoms with van der Waals surface area (Å²) in [4.78, 5) is 23.3. The van der Waals surface area contributed by atoms with Gasteiger partial charge >= 0.3 is 6.18 Å². The Labute approximate surface area is 140 Å². The summed E-state index contributed by atoms with van der Waals surface area (Å²) < 4.78 is 44.4. The second-order valence-electron chi connectivity index (χ2n) is 5.89. The summed E-state index contributed by atoms with van der Waals surface area (Å²) in [6.45, 7) is 2.36. The molecule has 0 bridgehead atoms. The zero-order valence-electron chi connectivity index (χ0n) is 13.6. The molecule has 25 heavy (non-hydrogen) atoms. The van der Waals surface area contributed by atoms with Crippen molar-refractivity contribution < 1.29 is 22.7 Å². The Morgan fingerprint density at radius 2 is 2.24 bits per heavy atom. The lowest BCUT2D eigenvalue weighted by atomic mass is 10.0. The molecule has 2 aromatic rings. The molecule has 1 amide bonds. The molecular formula is C14H17F3N6O2. The number of likely N-dealkylation sites (N-methyl/N-ethyl adjacent to an activating group) is 1. The highest BCUT2D eigenvalue weighted by Crippen LogP contribution is 2.32. The smallest absolute Gasteiger partial charge is 0.376 e. The van der Waals surface area contributed by atoms with Gasteiger partial charge in [-0.05, 0) is 13.3 Å². The third-order valence-corrected chi connectivity index (χ3v) is 4.08. The van der Waals surface area contributed by atoms with Gasteiger partial charge in [0.05, 0.1) is 18.3 Å². The highest BCUT2D eigenvalue weighted by molar-refractivity contribution is 5.93. The lowest BCUT2D eigenvalue weighted by molar-refractivity contribution is -0.141. The Balaban J connectivity index is 1.72. The number of carbonyl (C=O) groups is 1. The molecular weight excluding hydrogens is 341 g/mol. The van der Waals surface area contributed by atoms with Gasteiger partial charge in [-0.15, -0.1) is 0 Å². The Bertz CT molecular complexity index is 756. The predicted molar refractivity (Wildman–Crippen MR) is 78.8 cm³/mol. The second kappa shape index (κ2) is 6.47. The molecule has 136 valence electrons. The molecule has 2 aromatic heterocycles. The number of H-pyrrole nitrogens is 2. The fourth-order valence-corrected chi connectivity index (χ4v) is 2.86. The van der Waals surface area contributed by atoms with Crippen LogP contribution in [-0.2, 0) is 10.9 Å². The zero-order chi connectivity index (χ0) is 18.2. The molecule has 11 heteroatoms. The number of aromatic nitrogens is 5. The van der Waals surface area contributed by atoms with Crippen molar-refractivity contribution in [3.05, 3.63) is 29.4 Å². The van der Waals surface area contributed by atoms with Gasteiger partial charge < -0.3 is 14.6 Å². The first kappa shape index (κ1) is 17.4. The number of imidazole rings is 1. The van der Waals surface area contributed by atoms with Gasteiger partial charge in [0.25, 0.3) is 5.91 Å². The van der Waals surface area contributed by atoms with E-state index in [0.29, 0.717) is 24.7 Å². The van der Waals surface area contributed by atoms with Gasteiger partial charge in [0.15, 0.2) is 17.2 Å². The number of alkyl halides is 3. The molecule has 1 aliphatic heterocycles. The van der Waals surface area contributed by atoms with E-state index in [1.807, 2.05) is 4.98 Å². The van der Waals surface area contributed by atoms with E-state index >= 15 is 0 Å². The van der Waals surface area contributed by atoms with Crippen LogP contribution in [-0.4, -0.2) is 62.3 Å². The summed E-state index contributed by atoms with van der Waals surface area (Å²) in [6, 6.07) is 0. The van der Waals surface area contributed by atoms with E-state index in [4.69, 9.17) is 4.74 Å². The van der Waals surface area contributed by atoms with E-state index in [2.05, 4.69) is 20.2 Å². The molecule has 1 aliphatic rings. The molecule has 0 aromatic carbocycles. The average molecular weight is 358 g/mol. The summed E-state index contributed by atoms with van der Waals surface area (Å²) in [7, 11) is 1.42. The number of carbonyl (C=O) groups excluding carboxylic acids is 1. The van der Waals surface area contributed by atoms with Crippen LogP contribution in [0.5, 0.6) is 0 Å². The maximum absolute atomic E-state index is 12.9. The van der Waals surface area contributed by atoms with Crippen molar-refractivity contribution in [1.82, 2.24) is 30.0 Å². The van der Waals surface area contributed by atoms with E-state index < -0.39 is 29.6 Å². The summed E-state index contributed by atoms with van der Waals surface area (Å²) in [5.41, 5.74) is -1.81. The first-order valence-corrected chi connectivity index (χ1v) is 7.64. The predicted octanol–water partition coefficient (Wildman–Crippen LogP) is 1.50. The number of aromatic amines is 2. The number of nitrogens with one attached hydrogen (secondary N) is 2. The largest absolute Gasteiger partial charge is 0.433 e. The second-order valence-corrected chi connectivity index (χ2v) is 5.89. The minimum atomic E-state index is -4.68. The molecule has 0 aliphatic carbocycles. The molecule has 8 nitrogen and oxygen atoms in total. The number of halogens is 3. The van der Waals surface area contributed by atoms with Crippen LogP contribution in [0.2, 0.25) is 0 Å². The fourth-order valence-electron chi connectivity index (χ4n) is 2.86. The fraction of sp³-hybridized carbons (Fsp3) is 0.571. The SMILES string of the molecule is Cc1nc([C@@H]2CCO[C@@H]2CN(C)C(=O)c2nc[nH]c2C(F)(F)F)n[nH]1. The third kappa shape index (κ3) is 3.50. The van der Waals surface area contributed by atoms with Crippen molar-refractivity contribution in [2.24, 2.45) is 0 Å². The number of hydrogen-bond acceptors (Lipinski definition) is 5. The minimum absolute atomic E-state index is 0.112. The van der Waals surface area contributed by atoms with Gasteiger partial charge in [-0.25, -0.2) is 9.97 Å². The molecule has 0 saturated carbocycles. The van der Waals surface area contributed by atoms with Crippen molar-refractivity contribution in [3.8, 4) is 0 Å². The number of nitrogens with zero attached hydrogens (tertiary/aromatic N) is 4. The van der Waals surface area contributed by atoms with Gasteiger partial charge in [-0.1, -0.05) is 0 Å². The minimum Gasteiger partial charge on any atom is -0.376 e. The van der Waals surface area contributed by atoms with E-state index in [1.54, 1.807) is 6.92 Å². The molecule has 2 N–H and O–H groups in total. The van der Waals surface area contributed by atoms with Gasteiger partial charge in [0.2, 0.25) is 0 Å². The van der Waals surface area contributed by atoms with Crippen LogP contribution >= 0.6 is 0 Å². The van der Waals surface area contributed by atoms with Crippen molar-refractivity contribution in [1.29, 1.82) is 0 Å². The molecule has 1 saturated heterocycles. The first-order chi connectivity index (χ1) is 11.8. The number of aryl methyl sites for hydroxylation is 1. The van der Waals surface area contributed by atoms with Crippen LogP contribution in [0.15, 0.2) is 6.33 Å². The van der Waals surface area contributed by atoms with Crippen molar-refractivity contribution in [3.63, 3.8) is 0 Å². The zero-order valence-corrected chi connectivity index (χ0v) is 13.6. The highest BCUT2D eigenvalue weighted by atomic mass is 19.4. The van der Waals surface area contributed by atoms with Gasteiger partial charge in [-0.2, -0.15) is 18.3 Å². The third-order valence-electron chi connectivity index (χ3n) is 4.08. The Morgan fingerprint density at radius 1 is 1.48 bits per heavy atom. The average Bonchev–Trinajstić information content (AvgIpc) is 3.24. The van der Waals surface area contributed by atoms with Crippen LogP contribution in [0.1, 0.15) is 40.2 Å². The number of rotatable bonds is 4. The maximum Gasteiger partial charge on any atom is 0.433 e. The van der Waals surface area contributed by atoms with E-state index in [1.165, 1.54) is 11.9 Å². The van der Waals surface area contributed by atoms with Gasteiger partial charge in [0, 0.05) is 20.2 Å². The first-order valence-electron chi connectivity index (χ1n) is 7.64. The molecule has 0 spiro atoms. The van der Waals surface area contributed by atoms with Gasteiger partial charge in [0.1, 0.15) is 5.82 Å².